The van der Waals surface area contributed by atoms with Crippen LogP contribution in [-0.4, -0.2) is 19.2 Å². The van der Waals surface area contributed by atoms with E-state index in [1.165, 1.54) is 36.8 Å². The zero-order valence-electron chi connectivity index (χ0n) is 13.4. The normalized spacial score (nSPS) is 23.8. The van der Waals surface area contributed by atoms with Gasteiger partial charge in [0.2, 0.25) is 0 Å². The molecule has 0 aromatic heterocycles. The molecular formula is C18H29NO. The van der Waals surface area contributed by atoms with E-state index < -0.39 is 0 Å². The number of hydrogen-bond donors (Lipinski definition) is 1. The molecule has 0 amide bonds. The van der Waals surface area contributed by atoms with Gasteiger partial charge >= 0.3 is 0 Å². The summed E-state index contributed by atoms with van der Waals surface area (Å²) < 4.78 is 6.14. The van der Waals surface area contributed by atoms with Crippen LogP contribution in [0.1, 0.15) is 57.6 Å². The van der Waals surface area contributed by atoms with E-state index in [-0.39, 0.29) is 5.41 Å². The summed E-state index contributed by atoms with van der Waals surface area (Å²) in [6.45, 7) is 7.47. The van der Waals surface area contributed by atoms with Crippen molar-refractivity contribution in [3.05, 3.63) is 35.4 Å². The Labute approximate surface area is 123 Å². The van der Waals surface area contributed by atoms with E-state index in [1.54, 1.807) is 0 Å². The molecule has 1 aromatic carbocycles. The average Bonchev–Trinajstić information content (AvgIpc) is 2.45. The molecule has 0 aliphatic heterocycles. The Hall–Kier alpha value is -0.860. The van der Waals surface area contributed by atoms with E-state index in [0.717, 1.165) is 6.61 Å². The van der Waals surface area contributed by atoms with Crippen LogP contribution in [0.4, 0.5) is 0 Å². The molecule has 2 heteroatoms. The van der Waals surface area contributed by atoms with Crippen LogP contribution in [0, 0.1) is 0 Å². The Morgan fingerprint density at radius 2 is 1.75 bits per heavy atom. The SMILES string of the molecule is CNC1CCCCC1OCc1ccc(C(C)(C)C)cc1. The van der Waals surface area contributed by atoms with E-state index >= 15 is 0 Å². The Morgan fingerprint density at radius 3 is 2.35 bits per heavy atom. The molecule has 0 radical (unpaired) electrons. The van der Waals surface area contributed by atoms with Crippen molar-refractivity contribution >= 4 is 0 Å². The van der Waals surface area contributed by atoms with Crippen LogP contribution in [0.2, 0.25) is 0 Å². The first-order valence-corrected chi connectivity index (χ1v) is 7.89. The molecule has 2 unspecified atom stereocenters. The molecule has 0 bridgehead atoms. The van der Waals surface area contributed by atoms with Gasteiger partial charge in [0, 0.05) is 6.04 Å². The first-order valence-electron chi connectivity index (χ1n) is 7.89. The summed E-state index contributed by atoms with van der Waals surface area (Å²) in [5, 5.41) is 3.39. The fourth-order valence-electron chi connectivity index (χ4n) is 2.93. The van der Waals surface area contributed by atoms with Crippen LogP contribution in [0.3, 0.4) is 0 Å². The van der Waals surface area contributed by atoms with Crippen molar-refractivity contribution in [2.45, 2.75) is 70.6 Å². The van der Waals surface area contributed by atoms with Crippen molar-refractivity contribution < 1.29 is 4.74 Å². The van der Waals surface area contributed by atoms with E-state index in [2.05, 4.69) is 50.4 Å². The number of benzene rings is 1. The lowest BCUT2D eigenvalue weighted by molar-refractivity contribution is -0.00362. The minimum atomic E-state index is 0.222. The average molecular weight is 275 g/mol. The second-order valence-electron chi connectivity index (χ2n) is 6.98. The molecule has 1 aromatic rings. The lowest BCUT2D eigenvalue weighted by atomic mass is 9.87. The molecular weight excluding hydrogens is 246 g/mol. The number of likely N-dealkylation sites (N-methyl/N-ethyl adjacent to an activating group) is 1. The highest BCUT2D eigenvalue weighted by Crippen LogP contribution is 2.24. The molecule has 1 fully saturated rings. The first-order chi connectivity index (χ1) is 9.50. The zero-order chi connectivity index (χ0) is 14.6. The van der Waals surface area contributed by atoms with Gasteiger partial charge in [-0.25, -0.2) is 0 Å². The predicted octanol–water partition coefficient (Wildman–Crippen LogP) is 4.03. The molecule has 2 atom stereocenters. The maximum Gasteiger partial charge on any atom is 0.0732 e. The summed E-state index contributed by atoms with van der Waals surface area (Å²) in [4.78, 5) is 0. The van der Waals surface area contributed by atoms with E-state index in [9.17, 15) is 0 Å². The largest absolute Gasteiger partial charge is 0.372 e. The third-order valence-electron chi connectivity index (χ3n) is 4.36. The smallest absolute Gasteiger partial charge is 0.0732 e. The van der Waals surface area contributed by atoms with E-state index in [0.29, 0.717) is 12.1 Å². The van der Waals surface area contributed by atoms with Crippen molar-refractivity contribution in [2.75, 3.05) is 7.05 Å². The fourth-order valence-corrected chi connectivity index (χ4v) is 2.93. The third-order valence-corrected chi connectivity index (χ3v) is 4.36. The first kappa shape index (κ1) is 15.5. The number of nitrogens with one attached hydrogen (secondary N) is 1. The minimum Gasteiger partial charge on any atom is -0.372 e. The topological polar surface area (TPSA) is 21.3 Å². The number of ether oxygens (including phenoxy) is 1. The van der Waals surface area contributed by atoms with Gasteiger partial charge in [0.1, 0.15) is 0 Å². The minimum absolute atomic E-state index is 0.222. The van der Waals surface area contributed by atoms with Crippen molar-refractivity contribution in [3.63, 3.8) is 0 Å². The van der Waals surface area contributed by atoms with Gasteiger partial charge in [0.15, 0.2) is 0 Å². The summed E-state index contributed by atoms with van der Waals surface area (Å²) in [6.07, 6.45) is 5.42. The maximum absolute atomic E-state index is 6.14. The predicted molar refractivity (Wildman–Crippen MR) is 85.0 cm³/mol. The highest BCUT2D eigenvalue weighted by Gasteiger charge is 2.24. The molecule has 112 valence electrons. The summed E-state index contributed by atoms with van der Waals surface area (Å²) in [5.74, 6) is 0. The van der Waals surface area contributed by atoms with Gasteiger partial charge in [0.25, 0.3) is 0 Å². The van der Waals surface area contributed by atoms with Crippen molar-refractivity contribution in [2.24, 2.45) is 0 Å². The molecule has 0 saturated heterocycles. The summed E-state index contributed by atoms with van der Waals surface area (Å²) in [6, 6.07) is 9.40. The molecule has 0 spiro atoms. The monoisotopic (exact) mass is 275 g/mol. The summed E-state index contributed by atoms with van der Waals surface area (Å²) in [5.41, 5.74) is 2.88. The second kappa shape index (κ2) is 6.73. The van der Waals surface area contributed by atoms with Gasteiger partial charge in [-0.1, -0.05) is 57.9 Å². The van der Waals surface area contributed by atoms with E-state index in [1.807, 2.05) is 7.05 Å². The van der Waals surface area contributed by atoms with Gasteiger partial charge in [-0.3, -0.25) is 0 Å². The lowest BCUT2D eigenvalue weighted by Crippen LogP contribution is -2.41. The molecule has 20 heavy (non-hydrogen) atoms. The second-order valence-corrected chi connectivity index (χ2v) is 6.98. The van der Waals surface area contributed by atoms with Gasteiger partial charge in [-0.05, 0) is 36.4 Å². The van der Waals surface area contributed by atoms with E-state index in [4.69, 9.17) is 4.74 Å². The number of rotatable bonds is 4. The zero-order valence-corrected chi connectivity index (χ0v) is 13.4. The Morgan fingerprint density at radius 1 is 1.10 bits per heavy atom. The highest BCUT2D eigenvalue weighted by atomic mass is 16.5. The van der Waals surface area contributed by atoms with Gasteiger partial charge in [0.05, 0.1) is 12.7 Å². The van der Waals surface area contributed by atoms with Crippen molar-refractivity contribution in [1.82, 2.24) is 5.32 Å². The van der Waals surface area contributed by atoms with Crippen molar-refractivity contribution in [3.8, 4) is 0 Å². The molecule has 1 saturated carbocycles. The van der Waals surface area contributed by atoms with Gasteiger partial charge < -0.3 is 10.1 Å². The van der Waals surface area contributed by atoms with Crippen LogP contribution in [-0.2, 0) is 16.8 Å². The van der Waals surface area contributed by atoms with Crippen LogP contribution in [0.25, 0.3) is 0 Å². The van der Waals surface area contributed by atoms with Crippen LogP contribution in [0.5, 0.6) is 0 Å². The molecule has 1 aliphatic carbocycles. The maximum atomic E-state index is 6.14. The lowest BCUT2D eigenvalue weighted by Gasteiger charge is -2.31. The van der Waals surface area contributed by atoms with Crippen molar-refractivity contribution in [1.29, 1.82) is 0 Å². The molecule has 2 nitrogen and oxygen atoms in total. The Balaban J connectivity index is 1.90. The van der Waals surface area contributed by atoms with Gasteiger partial charge in [-0.2, -0.15) is 0 Å². The number of hydrogen-bond acceptors (Lipinski definition) is 2. The molecule has 2 rings (SSSR count). The molecule has 0 heterocycles. The fraction of sp³-hybridized carbons (Fsp3) is 0.667. The Kier molecular flexibility index (Phi) is 5.22. The molecule has 1 aliphatic rings. The Bertz CT molecular complexity index is 404. The highest BCUT2D eigenvalue weighted by molar-refractivity contribution is 5.27. The van der Waals surface area contributed by atoms with Crippen LogP contribution < -0.4 is 5.32 Å². The summed E-state index contributed by atoms with van der Waals surface area (Å²) >= 11 is 0. The van der Waals surface area contributed by atoms with Crippen LogP contribution in [0.15, 0.2) is 24.3 Å². The molecule has 1 N–H and O–H groups in total. The van der Waals surface area contributed by atoms with Crippen LogP contribution >= 0.6 is 0 Å². The van der Waals surface area contributed by atoms with Gasteiger partial charge in [-0.15, -0.1) is 0 Å². The third kappa shape index (κ3) is 4.07. The summed E-state index contributed by atoms with van der Waals surface area (Å²) in [7, 11) is 2.05. The standard InChI is InChI=1S/C18H29NO/c1-18(2,3)15-11-9-14(10-12-15)13-20-17-8-6-5-7-16(17)19-4/h9-12,16-17,19H,5-8,13H2,1-4H3. The quantitative estimate of drug-likeness (QED) is 0.895.